The normalized spacial score (nSPS) is 14.4. The molecule has 0 saturated carbocycles. The van der Waals surface area contributed by atoms with E-state index in [0.29, 0.717) is 0 Å². The smallest absolute Gasteiger partial charge is 0.299 e. The summed E-state index contributed by atoms with van der Waals surface area (Å²) >= 11 is 0. The molecule has 0 aliphatic carbocycles. The van der Waals surface area contributed by atoms with E-state index in [4.69, 9.17) is 0 Å². The van der Waals surface area contributed by atoms with Crippen molar-refractivity contribution in [2.45, 2.75) is 39.3 Å². The van der Waals surface area contributed by atoms with Crippen LogP contribution in [0.4, 0.5) is 13.2 Å². The van der Waals surface area contributed by atoms with Gasteiger partial charge in [-0.3, -0.25) is 4.79 Å². The van der Waals surface area contributed by atoms with Crippen LogP contribution in [-0.4, -0.2) is 12.0 Å². The highest BCUT2D eigenvalue weighted by atomic mass is 19.4. The van der Waals surface area contributed by atoms with E-state index in [1.54, 1.807) is 6.92 Å². The van der Waals surface area contributed by atoms with E-state index in [0.717, 1.165) is 6.42 Å². The maximum atomic E-state index is 11.6. The Labute approximate surface area is 70.0 Å². The first-order valence-electron chi connectivity index (χ1n) is 3.93. The summed E-state index contributed by atoms with van der Waals surface area (Å²) in [6, 6.07) is 0. The number of alkyl halides is 3. The van der Waals surface area contributed by atoms with Crippen LogP contribution in [0.5, 0.6) is 0 Å². The minimum absolute atomic E-state index is 0.0377. The number of carbonyl (C=O) groups is 1. The van der Waals surface area contributed by atoms with Crippen LogP contribution in [0.25, 0.3) is 0 Å². The van der Waals surface area contributed by atoms with Crippen LogP contribution in [0.3, 0.4) is 0 Å². The predicted molar refractivity (Wildman–Crippen MR) is 39.8 cm³/mol. The lowest BCUT2D eigenvalue weighted by atomic mass is 10.0. The van der Waals surface area contributed by atoms with Gasteiger partial charge in [-0.15, -0.1) is 0 Å². The maximum Gasteiger partial charge on any atom is 0.395 e. The van der Waals surface area contributed by atoms with Gasteiger partial charge in [-0.25, -0.2) is 0 Å². The van der Waals surface area contributed by atoms with E-state index >= 15 is 0 Å². The van der Waals surface area contributed by atoms with Crippen molar-refractivity contribution in [2.75, 3.05) is 0 Å². The monoisotopic (exact) mass is 182 g/mol. The zero-order valence-electron chi connectivity index (χ0n) is 7.24. The average molecular weight is 182 g/mol. The van der Waals surface area contributed by atoms with Gasteiger partial charge in [-0.2, -0.15) is 13.2 Å². The van der Waals surface area contributed by atoms with Crippen LogP contribution in [0.2, 0.25) is 0 Å². The Balaban J connectivity index is 3.75. The van der Waals surface area contributed by atoms with E-state index in [1.807, 2.05) is 6.92 Å². The van der Waals surface area contributed by atoms with Crippen LogP contribution >= 0.6 is 0 Å². The van der Waals surface area contributed by atoms with Crippen LogP contribution in [0.15, 0.2) is 0 Å². The van der Waals surface area contributed by atoms with Crippen molar-refractivity contribution in [3.63, 3.8) is 0 Å². The molecule has 72 valence electrons. The molecule has 0 aromatic carbocycles. The summed E-state index contributed by atoms with van der Waals surface area (Å²) in [6.45, 7) is 3.62. The topological polar surface area (TPSA) is 17.1 Å². The molecule has 1 nitrogen and oxygen atoms in total. The van der Waals surface area contributed by atoms with E-state index in [1.165, 1.54) is 0 Å². The van der Waals surface area contributed by atoms with Crippen molar-refractivity contribution < 1.29 is 18.0 Å². The molecule has 0 N–H and O–H groups in total. The van der Waals surface area contributed by atoms with Crippen molar-refractivity contribution in [3.8, 4) is 0 Å². The second-order valence-electron chi connectivity index (χ2n) is 3.05. The second kappa shape index (κ2) is 4.48. The molecule has 0 aromatic rings. The number of carbonyl (C=O) groups excluding carboxylic acids is 1. The fourth-order valence-corrected chi connectivity index (χ4v) is 0.829. The van der Waals surface area contributed by atoms with Crippen LogP contribution in [0.1, 0.15) is 33.1 Å². The molecule has 1 atom stereocenters. The highest BCUT2D eigenvalue weighted by Gasteiger charge is 2.31. The van der Waals surface area contributed by atoms with Crippen LogP contribution in [-0.2, 0) is 4.79 Å². The van der Waals surface area contributed by atoms with Crippen LogP contribution in [0, 0.1) is 5.92 Å². The van der Waals surface area contributed by atoms with Crippen molar-refractivity contribution in [1.82, 2.24) is 0 Å². The molecule has 0 aliphatic rings. The molecule has 12 heavy (non-hydrogen) atoms. The molecule has 0 radical (unpaired) electrons. The molecule has 0 heterocycles. The number of halogens is 3. The Kier molecular flexibility index (Phi) is 4.28. The number of hydrogen-bond donors (Lipinski definition) is 0. The van der Waals surface area contributed by atoms with Gasteiger partial charge >= 0.3 is 6.18 Å². The zero-order chi connectivity index (χ0) is 9.78. The lowest BCUT2D eigenvalue weighted by molar-refractivity contribution is -0.152. The van der Waals surface area contributed by atoms with Crippen molar-refractivity contribution in [2.24, 2.45) is 5.92 Å². The summed E-state index contributed by atoms with van der Waals surface area (Å²) in [6.07, 6.45) is -4.85. The minimum atomic E-state index is -4.34. The Bertz CT molecular complexity index is 151. The van der Waals surface area contributed by atoms with Crippen molar-refractivity contribution in [3.05, 3.63) is 0 Å². The Morgan fingerprint density at radius 2 is 1.92 bits per heavy atom. The second-order valence-corrected chi connectivity index (χ2v) is 3.05. The van der Waals surface area contributed by atoms with Crippen molar-refractivity contribution >= 4 is 5.78 Å². The quantitative estimate of drug-likeness (QED) is 0.653. The molecular formula is C8H13F3O. The summed E-state index contributed by atoms with van der Waals surface area (Å²) in [7, 11) is 0. The van der Waals surface area contributed by atoms with Gasteiger partial charge in [-0.1, -0.05) is 20.3 Å². The minimum Gasteiger partial charge on any atom is -0.299 e. The molecule has 0 rings (SSSR count). The first kappa shape index (κ1) is 11.5. The van der Waals surface area contributed by atoms with E-state index in [2.05, 4.69) is 0 Å². The number of ketones is 1. The van der Waals surface area contributed by atoms with Gasteiger partial charge in [0.05, 0.1) is 0 Å². The Hall–Kier alpha value is -0.540. The summed E-state index contributed by atoms with van der Waals surface area (Å²) in [4.78, 5) is 10.7. The van der Waals surface area contributed by atoms with Gasteiger partial charge in [-0.05, 0) is 5.92 Å². The average Bonchev–Trinajstić information content (AvgIpc) is 1.82. The summed E-state index contributed by atoms with van der Waals surface area (Å²) in [5.74, 6) is -0.656. The fraction of sp³-hybridized carbons (Fsp3) is 0.875. The highest BCUT2D eigenvalue weighted by molar-refractivity contribution is 5.79. The lowest BCUT2D eigenvalue weighted by Crippen LogP contribution is -2.16. The Morgan fingerprint density at radius 3 is 2.25 bits per heavy atom. The summed E-state index contributed by atoms with van der Waals surface area (Å²) < 4.78 is 34.9. The molecule has 0 aromatic heterocycles. The van der Waals surface area contributed by atoms with Gasteiger partial charge < -0.3 is 0 Å². The molecule has 0 aliphatic heterocycles. The molecule has 0 bridgehead atoms. The predicted octanol–water partition coefficient (Wildman–Crippen LogP) is 2.94. The molecule has 0 spiro atoms. The lowest BCUT2D eigenvalue weighted by Gasteiger charge is -2.08. The van der Waals surface area contributed by atoms with Crippen molar-refractivity contribution in [1.29, 1.82) is 0 Å². The summed E-state index contributed by atoms with van der Waals surface area (Å²) in [5.41, 5.74) is 0. The van der Waals surface area contributed by atoms with Gasteiger partial charge in [0.1, 0.15) is 12.2 Å². The molecular weight excluding hydrogens is 169 g/mol. The van der Waals surface area contributed by atoms with E-state index in [9.17, 15) is 18.0 Å². The zero-order valence-corrected chi connectivity index (χ0v) is 7.24. The Morgan fingerprint density at radius 1 is 1.42 bits per heavy atom. The largest absolute Gasteiger partial charge is 0.395 e. The third-order valence-corrected chi connectivity index (χ3v) is 1.67. The van der Waals surface area contributed by atoms with Gasteiger partial charge in [0.15, 0.2) is 0 Å². The van der Waals surface area contributed by atoms with Gasteiger partial charge in [0.2, 0.25) is 0 Å². The number of hydrogen-bond acceptors (Lipinski definition) is 1. The van der Waals surface area contributed by atoms with E-state index < -0.39 is 18.4 Å². The van der Waals surface area contributed by atoms with Crippen LogP contribution < -0.4 is 0 Å². The first-order valence-corrected chi connectivity index (χ1v) is 3.93. The molecule has 0 saturated heterocycles. The van der Waals surface area contributed by atoms with Gasteiger partial charge in [0.25, 0.3) is 0 Å². The first-order chi connectivity index (χ1) is 5.35. The standard InChI is InChI=1S/C8H13F3O/c1-3-6(2)4-7(12)5-8(9,10)11/h6H,3-5H2,1-2H3. The number of Topliss-reactive ketones (excluding diaryl/α,β-unsaturated/α-hetero) is 1. The SMILES string of the molecule is CCC(C)CC(=O)CC(F)(F)F. The van der Waals surface area contributed by atoms with E-state index in [-0.39, 0.29) is 12.3 Å². The fourth-order valence-electron chi connectivity index (χ4n) is 0.829. The summed E-state index contributed by atoms with van der Waals surface area (Å²) in [5, 5.41) is 0. The highest BCUT2D eigenvalue weighted by Crippen LogP contribution is 2.22. The molecule has 0 fully saturated rings. The molecule has 1 unspecified atom stereocenters. The molecule has 4 heteroatoms. The number of rotatable bonds is 4. The van der Waals surface area contributed by atoms with Gasteiger partial charge in [0, 0.05) is 6.42 Å². The third kappa shape index (κ3) is 6.19. The maximum absolute atomic E-state index is 11.6. The molecule has 0 amide bonds. The third-order valence-electron chi connectivity index (χ3n) is 1.67.